The standard InChI is InChI=1S/C14H12BrClO/c1-9-5-6-11(8-13(9)16)14(17)10-3-2-4-12(15)7-10/h2-8,14,17H,1H3/t14-/m1/s1. The fourth-order valence-electron chi connectivity index (χ4n) is 1.65. The molecule has 0 aliphatic heterocycles. The molecule has 0 unspecified atom stereocenters. The zero-order valence-electron chi connectivity index (χ0n) is 9.32. The van der Waals surface area contributed by atoms with Crippen LogP contribution in [0.4, 0.5) is 0 Å². The predicted octanol–water partition coefficient (Wildman–Crippen LogP) is 4.49. The summed E-state index contributed by atoms with van der Waals surface area (Å²) in [5, 5.41) is 10.9. The molecule has 0 fully saturated rings. The minimum absolute atomic E-state index is 0.648. The van der Waals surface area contributed by atoms with Gasteiger partial charge >= 0.3 is 0 Å². The van der Waals surface area contributed by atoms with E-state index in [0.29, 0.717) is 5.02 Å². The van der Waals surface area contributed by atoms with Crippen molar-refractivity contribution in [3.05, 3.63) is 68.7 Å². The van der Waals surface area contributed by atoms with Gasteiger partial charge in [-0.1, -0.05) is 51.8 Å². The first-order valence-electron chi connectivity index (χ1n) is 5.27. The Labute approximate surface area is 114 Å². The van der Waals surface area contributed by atoms with Crippen LogP contribution in [0.2, 0.25) is 5.02 Å². The van der Waals surface area contributed by atoms with Gasteiger partial charge in [0.25, 0.3) is 0 Å². The zero-order chi connectivity index (χ0) is 12.4. The third-order valence-electron chi connectivity index (χ3n) is 2.68. The van der Waals surface area contributed by atoms with Crippen molar-refractivity contribution in [3.63, 3.8) is 0 Å². The fraction of sp³-hybridized carbons (Fsp3) is 0.143. The summed E-state index contributed by atoms with van der Waals surface area (Å²) >= 11 is 9.45. The molecular formula is C14H12BrClO. The highest BCUT2D eigenvalue weighted by molar-refractivity contribution is 9.10. The lowest BCUT2D eigenvalue weighted by Crippen LogP contribution is -1.99. The molecule has 0 spiro atoms. The largest absolute Gasteiger partial charge is 0.384 e. The molecule has 1 atom stereocenters. The highest BCUT2D eigenvalue weighted by Gasteiger charge is 2.11. The Morgan fingerprint density at radius 2 is 1.82 bits per heavy atom. The summed E-state index contributed by atoms with van der Waals surface area (Å²) in [6.07, 6.45) is -0.648. The van der Waals surface area contributed by atoms with Crippen LogP contribution in [0.25, 0.3) is 0 Å². The molecule has 0 aliphatic rings. The molecule has 0 saturated heterocycles. The average molecular weight is 312 g/mol. The first-order chi connectivity index (χ1) is 8.08. The number of hydrogen-bond donors (Lipinski definition) is 1. The molecule has 2 rings (SSSR count). The third kappa shape index (κ3) is 2.89. The molecule has 0 radical (unpaired) electrons. The van der Waals surface area contributed by atoms with Gasteiger partial charge in [0.05, 0.1) is 0 Å². The summed E-state index contributed by atoms with van der Waals surface area (Å²) in [6.45, 7) is 1.94. The van der Waals surface area contributed by atoms with E-state index in [9.17, 15) is 5.11 Å². The fourth-order valence-corrected chi connectivity index (χ4v) is 2.25. The van der Waals surface area contributed by atoms with E-state index in [0.717, 1.165) is 21.2 Å². The summed E-state index contributed by atoms with van der Waals surface area (Å²) in [4.78, 5) is 0. The second-order valence-electron chi connectivity index (χ2n) is 3.97. The number of rotatable bonds is 2. The predicted molar refractivity (Wildman–Crippen MR) is 74.4 cm³/mol. The lowest BCUT2D eigenvalue weighted by molar-refractivity contribution is 0.220. The van der Waals surface area contributed by atoms with E-state index < -0.39 is 6.10 Å². The van der Waals surface area contributed by atoms with Gasteiger partial charge < -0.3 is 5.11 Å². The molecule has 17 heavy (non-hydrogen) atoms. The first kappa shape index (κ1) is 12.6. The third-order valence-corrected chi connectivity index (χ3v) is 3.58. The van der Waals surface area contributed by atoms with E-state index in [1.807, 2.05) is 49.4 Å². The monoisotopic (exact) mass is 310 g/mol. The molecule has 3 heteroatoms. The molecule has 88 valence electrons. The molecule has 0 amide bonds. The van der Waals surface area contributed by atoms with E-state index in [1.165, 1.54) is 0 Å². The van der Waals surface area contributed by atoms with Crippen LogP contribution in [0.5, 0.6) is 0 Å². The minimum atomic E-state index is -0.648. The maximum absolute atomic E-state index is 10.3. The van der Waals surface area contributed by atoms with Crippen LogP contribution in [0, 0.1) is 6.92 Å². The van der Waals surface area contributed by atoms with Crippen molar-refractivity contribution in [3.8, 4) is 0 Å². The smallest absolute Gasteiger partial charge is 0.104 e. The van der Waals surface area contributed by atoms with Gasteiger partial charge in [0, 0.05) is 9.50 Å². The van der Waals surface area contributed by atoms with Crippen LogP contribution in [-0.4, -0.2) is 5.11 Å². The van der Waals surface area contributed by atoms with Crippen LogP contribution in [0.15, 0.2) is 46.9 Å². The van der Waals surface area contributed by atoms with E-state index in [-0.39, 0.29) is 0 Å². The quantitative estimate of drug-likeness (QED) is 0.866. The highest BCUT2D eigenvalue weighted by Crippen LogP contribution is 2.27. The Balaban J connectivity index is 2.36. The maximum atomic E-state index is 10.3. The van der Waals surface area contributed by atoms with Crippen LogP contribution < -0.4 is 0 Å². The van der Waals surface area contributed by atoms with Crippen LogP contribution >= 0.6 is 27.5 Å². The van der Waals surface area contributed by atoms with Crippen molar-refractivity contribution in [2.24, 2.45) is 0 Å². The Bertz CT molecular complexity index is 539. The van der Waals surface area contributed by atoms with Crippen molar-refractivity contribution in [1.82, 2.24) is 0 Å². The Kier molecular flexibility index (Phi) is 3.87. The van der Waals surface area contributed by atoms with Gasteiger partial charge in [0.2, 0.25) is 0 Å². The molecule has 1 N–H and O–H groups in total. The van der Waals surface area contributed by atoms with Gasteiger partial charge in [0.15, 0.2) is 0 Å². The van der Waals surface area contributed by atoms with Gasteiger partial charge in [-0.25, -0.2) is 0 Å². The molecule has 0 saturated carbocycles. The van der Waals surface area contributed by atoms with Crippen molar-refractivity contribution in [2.75, 3.05) is 0 Å². The molecule has 2 aromatic carbocycles. The van der Waals surface area contributed by atoms with Gasteiger partial charge in [-0.3, -0.25) is 0 Å². The van der Waals surface area contributed by atoms with Gasteiger partial charge in [0.1, 0.15) is 6.10 Å². The summed E-state index contributed by atoms with van der Waals surface area (Å²) in [5.41, 5.74) is 2.66. The second kappa shape index (κ2) is 5.21. The number of hydrogen-bond acceptors (Lipinski definition) is 1. The van der Waals surface area contributed by atoms with E-state index >= 15 is 0 Å². The lowest BCUT2D eigenvalue weighted by atomic mass is 10.0. The minimum Gasteiger partial charge on any atom is -0.384 e. The Hall–Kier alpha value is -0.830. The van der Waals surface area contributed by atoms with E-state index in [1.54, 1.807) is 0 Å². The molecule has 0 aromatic heterocycles. The first-order valence-corrected chi connectivity index (χ1v) is 6.44. The SMILES string of the molecule is Cc1ccc([C@H](O)c2cccc(Br)c2)cc1Cl. The summed E-state index contributed by atoms with van der Waals surface area (Å²) in [5.74, 6) is 0. The number of halogens is 2. The van der Waals surface area contributed by atoms with E-state index in [4.69, 9.17) is 11.6 Å². The normalized spacial score (nSPS) is 12.5. The number of aliphatic hydroxyl groups excluding tert-OH is 1. The maximum Gasteiger partial charge on any atom is 0.104 e. The molecule has 0 aliphatic carbocycles. The number of benzene rings is 2. The summed E-state index contributed by atoms with van der Waals surface area (Å²) in [7, 11) is 0. The number of aryl methyl sites for hydroxylation is 1. The molecular weight excluding hydrogens is 300 g/mol. The summed E-state index contributed by atoms with van der Waals surface area (Å²) in [6, 6.07) is 13.2. The molecule has 0 heterocycles. The van der Waals surface area contributed by atoms with E-state index in [2.05, 4.69) is 15.9 Å². The Morgan fingerprint density at radius 1 is 1.12 bits per heavy atom. The van der Waals surface area contributed by atoms with Crippen LogP contribution in [-0.2, 0) is 0 Å². The molecule has 2 aromatic rings. The van der Waals surface area contributed by atoms with Gasteiger partial charge in [-0.05, 0) is 41.8 Å². The van der Waals surface area contributed by atoms with Crippen molar-refractivity contribution in [2.45, 2.75) is 13.0 Å². The topological polar surface area (TPSA) is 20.2 Å². The molecule has 0 bridgehead atoms. The van der Waals surface area contributed by atoms with Crippen molar-refractivity contribution in [1.29, 1.82) is 0 Å². The van der Waals surface area contributed by atoms with Gasteiger partial charge in [-0.2, -0.15) is 0 Å². The number of aliphatic hydroxyl groups is 1. The molecule has 1 nitrogen and oxygen atoms in total. The zero-order valence-corrected chi connectivity index (χ0v) is 11.7. The van der Waals surface area contributed by atoms with Crippen LogP contribution in [0.1, 0.15) is 22.8 Å². The van der Waals surface area contributed by atoms with Crippen molar-refractivity contribution < 1.29 is 5.11 Å². The summed E-state index contributed by atoms with van der Waals surface area (Å²) < 4.78 is 0.951. The highest BCUT2D eigenvalue weighted by atomic mass is 79.9. The average Bonchev–Trinajstić information content (AvgIpc) is 2.32. The van der Waals surface area contributed by atoms with Crippen LogP contribution in [0.3, 0.4) is 0 Å². The second-order valence-corrected chi connectivity index (χ2v) is 5.29. The van der Waals surface area contributed by atoms with Gasteiger partial charge in [-0.15, -0.1) is 0 Å². The Morgan fingerprint density at radius 3 is 2.47 bits per heavy atom. The lowest BCUT2D eigenvalue weighted by Gasteiger charge is -2.13. The van der Waals surface area contributed by atoms with Crippen molar-refractivity contribution >= 4 is 27.5 Å².